The van der Waals surface area contributed by atoms with Crippen LogP contribution >= 0.6 is 0 Å². The van der Waals surface area contributed by atoms with Gasteiger partial charge in [0, 0.05) is 74.2 Å². The standard InChI is InChI=1S/C21H25N3O4S/c1-23-14-18(16-7-8-22-20(16)21(23)25)17-13-15(29(2,26)27)5-6-19(17)24-9-3-11-28-12-4-10-24/h5-8,13-14,22H,3-4,9-12H2,1-2H3. The van der Waals surface area contributed by atoms with Crippen molar-refractivity contribution in [1.82, 2.24) is 9.55 Å². The quantitative estimate of drug-likeness (QED) is 0.711. The summed E-state index contributed by atoms with van der Waals surface area (Å²) in [7, 11) is -1.66. The molecule has 0 aliphatic carbocycles. The van der Waals surface area contributed by atoms with Crippen molar-refractivity contribution in [2.75, 3.05) is 37.5 Å². The Morgan fingerprint density at radius 3 is 2.48 bits per heavy atom. The highest BCUT2D eigenvalue weighted by Crippen LogP contribution is 2.36. The zero-order chi connectivity index (χ0) is 20.6. The Hall–Kier alpha value is -2.58. The second kappa shape index (κ2) is 7.68. The van der Waals surface area contributed by atoms with Crippen LogP contribution < -0.4 is 10.5 Å². The number of hydrogen-bond donors (Lipinski definition) is 1. The summed E-state index contributed by atoms with van der Waals surface area (Å²) in [6.07, 6.45) is 6.55. The van der Waals surface area contributed by atoms with Crippen LogP contribution in [0.1, 0.15) is 12.8 Å². The maximum Gasteiger partial charge on any atom is 0.274 e. The van der Waals surface area contributed by atoms with Gasteiger partial charge >= 0.3 is 0 Å². The molecular weight excluding hydrogens is 390 g/mol. The highest BCUT2D eigenvalue weighted by atomic mass is 32.2. The summed E-state index contributed by atoms with van der Waals surface area (Å²) < 4.78 is 31.6. The highest BCUT2D eigenvalue weighted by Gasteiger charge is 2.20. The van der Waals surface area contributed by atoms with Crippen LogP contribution in [0.5, 0.6) is 0 Å². The van der Waals surface area contributed by atoms with E-state index in [2.05, 4.69) is 9.88 Å². The fourth-order valence-electron chi connectivity index (χ4n) is 3.89. The van der Waals surface area contributed by atoms with Crippen molar-refractivity contribution in [3.63, 3.8) is 0 Å². The molecule has 4 rings (SSSR count). The van der Waals surface area contributed by atoms with Crippen LogP contribution in [0.25, 0.3) is 22.0 Å². The fraction of sp³-hybridized carbons (Fsp3) is 0.381. The summed E-state index contributed by atoms with van der Waals surface area (Å²) in [6, 6.07) is 7.15. The molecule has 1 aliphatic rings. The van der Waals surface area contributed by atoms with Crippen molar-refractivity contribution in [1.29, 1.82) is 0 Å². The number of fused-ring (bicyclic) bond motifs is 1. The Morgan fingerprint density at radius 2 is 1.79 bits per heavy atom. The van der Waals surface area contributed by atoms with Crippen LogP contribution in [0, 0.1) is 0 Å². The van der Waals surface area contributed by atoms with Gasteiger partial charge in [-0.05, 0) is 37.1 Å². The molecule has 1 N–H and O–H groups in total. The van der Waals surface area contributed by atoms with Crippen molar-refractivity contribution < 1.29 is 13.2 Å². The second-order valence-electron chi connectivity index (χ2n) is 7.48. The molecule has 0 atom stereocenters. The number of rotatable bonds is 3. The number of ether oxygens (including phenoxy) is 1. The first-order valence-corrected chi connectivity index (χ1v) is 11.6. The van der Waals surface area contributed by atoms with E-state index in [1.165, 1.54) is 10.8 Å². The number of sulfone groups is 1. The number of nitrogens with zero attached hydrogens (tertiary/aromatic N) is 2. The van der Waals surface area contributed by atoms with Gasteiger partial charge in [-0.2, -0.15) is 0 Å². The van der Waals surface area contributed by atoms with Gasteiger partial charge in [0.25, 0.3) is 5.56 Å². The average Bonchev–Trinajstić information content (AvgIpc) is 3.14. The van der Waals surface area contributed by atoms with Crippen molar-refractivity contribution in [2.24, 2.45) is 7.05 Å². The molecule has 2 aromatic heterocycles. The number of aryl methyl sites for hydroxylation is 1. The molecule has 29 heavy (non-hydrogen) atoms. The van der Waals surface area contributed by atoms with Gasteiger partial charge in [0.1, 0.15) is 5.52 Å². The molecule has 1 fully saturated rings. The third-order valence-electron chi connectivity index (χ3n) is 5.35. The van der Waals surface area contributed by atoms with Crippen molar-refractivity contribution >= 4 is 26.4 Å². The maximum absolute atomic E-state index is 12.5. The fourth-order valence-corrected chi connectivity index (χ4v) is 4.54. The van der Waals surface area contributed by atoms with E-state index in [1.807, 2.05) is 12.1 Å². The van der Waals surface area contributed by atoms with E-state index in [1.54, 1.807) is 31.6 Å². The monoisotopic (exact) mass is 415 g/mol. The van der Waals surface area contributed by atoms with Gasteiger partial charge < -0.3 is 19.2 Å². The molecule has 3 heterocycles. The van der Waals surface area contributed by atoms with Crippen LogP contribution in [0.15, 0.2) is 46.3 Å². The Balaban J connectivity index is 1.96. The summed E-state index contributed by atoms with van der Waals surface area (Å²) in [5.74, 6) is 0. The lowest BCUT2D eigenvalue weighted by atomic mass is 10.0. The first-order valence-electron chi connectivity index (χ1n) is 9.70. The van der Waals surface area contributed by atoms with Crippen molar-refractivity contribution in [3.05, 3.63) is 47.0 Å². The number of anilines is 1. The normalized spacial score (nSPS) is 16.0. The molecular formula is C21H25N3O4S. The summed E-state index contributed by atoms with van der Waals surface area (Å²) in [5, 5.41) is 0.787. The molecule has 0 saturated carbocycles. The zero-order valence-corrected chi connectivity index (χ0v) is 17.5. The molecule has 1 aromatic carbocycles. The summed E-state index contributed by atoms with van der Waals surface area (Å²) >= 11 is 0. The molecule has 8 heteroatoms. The average molecular weight is 416 g/mol. The van der Waals surface area contributed by atoms with E-state index in [9.17, 15) is 13.2 Å². The Labute approximate surface area is 169 Å². The third kappa shape index (κ3) is 3.82. The molecule has 0 amide bonds. The van der Waals surface area contributed by atoms with Gasteiger partial charge in [-0.3, -0.25) is 4.79 Å². The van der Waals surface area contributed by atoms with E-state index in [-0.39, 0.29) is 10.5 Å². The van der Waals surface area contributed by atoms with Crippen molar-refractivity contribution in [3.8, 4) is 11.1 Å². The highest BCUT2D eigenvalue weighted by molar-refractivity contribution is 7.90. The topological polar surface area (TPSA) is 84.4 Å². The molecule has 1 saturated heterocycles. The van der Waals surface area contributed by atoms with Crippen LogP contribution in [-0.2, 0) is 21.6 Å². The molecule has 0 radical (unpaired) electrons. The zero-order valence-electron chi connectivity index (χ0n) is 16.6. The van der Waals surface area contributed by atoms with Gasteiger partial charge in [-0.1, -0.05) is 0 Å². The Kier molecular flexibility index (Phi) is 5.23. The number of benzene rings is 1. The summed E-state index contributed by atoms with van der Waals surface area (Å²) in [6.45, 7) is 3.09. The number of nitrogens with one attached hydrogen (secondary N) is 1. The predicted molar refractivity (Wildman–Crippen MR) is 114 cm³/mol. The minimum Gasteiger partial charge on any atom is -0.381 e. The Morgan fingerprint density at radius 1 is 1.07 bits per heavy atom. The summed E-state index contributed by atoms with van der Waals surface area (Å²) in [4.78, 5) is 18.1. The SMILES string of the molecule is Cn1cc(-c2cc(S(C)(=O)=O)ccc2N2CCCOCCC2)c2cc[nH]c2c1=O. The van der Waals surface area contributed by atoms with Crippen LogP contribution in [0.3, 0.4) is 0 Å². The number of aromatic amines is 1. The third-order valence-corrected chi connectivity index (χ3v) is 6.46. The van der Waals surface area contributed by atoms with Crippen LogP contribution in [0.2, 0.25) is 0 Å². The van der Waals surface area contributed by atoms with E-state index in [0.29, 0.717) is 5.52 Å². The van der Waals surface area contributed by atoms with E-state index in [0.717, 1.165) is 61.3 Å². The predicted octanol–water partition coefficient (Wildman–Crippen LogP) is 2.55. The van der Waals surface area contributed by atoms with E-state index in [4.69, 9.17) is 4.74 Å². The van der Waals surface area contributed by atoms with Gasteiger partial charge in [-0.15, -0.1) is 0 Å². The first-order chi connectivity index (χ1) is 13.9. The number of hydrogen-bond acceptors (Lipinski definition) is 5. The van der Waals surface area contributed by atoms with Gasteiger partial charge in [0.15, 0.2) is 9.84 Å². The van der Waals surface area contributed by atoms with E-state index < -0.39 is 9.84 Å². The molecule has 3 aromatic rings. The van der Waals surface area contributed by atoms with Gasteiger partial charge in [0.2, 0.25) is 0 Å². The maximum atomic E-state index is 12.5. The second-order valence-corrected chi connectivity index (χ2v) is 9.50. The minimum atomic E-state index is -3.37. The molecule has 0 unspecified atom stereocenters. The minimum absolute atomic E-state index is 0.113. The summed E-state index contributed by atoms with van der Waals surface area (Å²) in [5.41, 5.74) is 3.02. The molecule has 0 bridgehead atoms. The molecule has 7 nitrogen and oxygen atoms in total. The molecule has 1 aliphatic heterocycles. The smallest absolute Gasteiger partial charge is 0.274 e. The molecule has 154 valence electrons. The van der Waals surface area contributed by atoms with Crippen molar-refractivity contribution in [2.45, 2.75) is 17.7 Å². The number of aromatic nitrogens is 2. The lowest BCUT2D eigenvalue weighted by Gasteiger charge is -2.29. The van der Waals surface area contributed by atoms with Crippen LogP contribution in [0.4, 0.5) is 5.69 Å². The van der Waals surface area contributed by atoms with Gasteiger partial charge in [-0.25, -0.2) is 8.42 Å². The largest absolute Gasteiger partial charge is 0.381 e. The van der Waals surface area contributed by atoms with E-state index >= 15 is 0 Å². The first kappa shape index (κ1) is 19.7. The lowest BCUT2D eigenvalue weighted by molar-refractivity contribution is 0.125. The number of H-pyrrole nitrogens is 1. The number of pyridine rings is 1. The molecule has 0 spiro atoms. The lowest BCUT2D eigenvalue weighted by Crippen LogP contribution is -2.30. The van der Waals surface area contributed by atoms with Gasteiger partial charge in [0.05, 0.1) is 4.90 Å². The Bertz CT molecular complexity index is 1200. The van der Waals surface area contributed by atoms with Crippen LogP contribution in [-0.4, -0.2) is 50.5 Å².